The highest BCUT2D eigenvalue weighted by Crippen LogP contribution is 2.25. The van der Waals surface area contributed by atoms with Gasteiger partial charge in [0.25, 0.3) is 0 Å². The number of fused-ring (bicyclic) bond motifs is 1. The Morgan fingerprint density at radius 3 is 2.81 bits per heavy atom. The summed E-state index contributed by atoms with van der Waals surface area (Å²) in [5.41, 5.74) is 2.14. The SMILES string of the molecule is Cn1c(CC(O)c2cc(Br)ccc2F)nc2ccccc21. The van der Waals surface area contributed by atoms with Crippen molar-refractivity contribution in [1.29, 1.82) is 0 Å². The molecule has 0 amide bonds. The number of aliphatic hydroxyl groups excluding tert-OH is 1. The van der Waals surface area contributed by atoms with Gasteiger partial charge in [0, 0.05) is 23.5 Å². The molecule has 0 fully saturated rings. The summed E-state index contributed by atoms with van der Waals surface area (Å²) in [4.78, 5) is 4.50. The zero-order valence-electron chi connectivity index (χ0n) is 11.4. The van der Waals surface area contributed by atoms with Crippen molar-refractivity contribution in [2.75, 3.05) is 0 Å². The molecule has 1 unspecified atom stereocenters. The summed E-state index contributed by atoms with van der Waals surface area (Å²) in [6.07, 6.45) is -0.670. The predicted octanol–water partition coefficient (Wildman–Crippen LogP) is 3.75. The molecule has 21 heavy (non-hydrogen) atoms. The lowest BCUT2D eigenvalue weighted by Gasteiger charge is -2.12. The van der Waals surface area contributed by atoms with E-state index in [0.717, 1.165) is 21.3 Å². The molecule has 3 rings (SSSR count). The van der Waals surface area contributed by atoms with Crippen molar-refractivity contribution in [1.82, 2.24) is 9.55 Å². The molecular formula is C16H14BrFN2O. The highest BCUT2D eigenvalue weighted by atomic mass is 79.9. The van der Waals surface area contributed by atoms with Crippen molar-refractivity contribution in [3.63, 3.8) is 0 Å². The average Bonchev–Trinajstić information content (AvgIpc) is 2.78. The number of aliphatic hydroxyl groups is 1. The molecule has 1 heterocycles. The van der Waals surface area contributed by atoms with Crippen LogP contribution in [-0.2, 0) is 13.5 Å². The van der Waals surface area contributed by atoms with Gasteiger partial charge >= 0.3 is 0 Å². The van der Waals surface area contributed by atoms with Gasteiger partial charge in [-0.1, -0.05) is 28.1 Å². The molecule has 0 bridgehead atoms. The van der Waals surface area contributed by atoms with Gasteiger partial charge in [-0.2, -0.15) is 0 Å². The minimum absolute atomic E-state index is 0.262. The number of hydrogen-bond acceptors (Lipinski definition) is 2. The molecule has 0 saturated heterocycles. The summed E-state index contributed by atoms with van der Waals surface area (Å²) in [6, 6.07) is 12.3. The fourth-order valence-electron chi connectivity index (χ4n) is 2.43. The minimum atomic E-state index is -0.932. The van der Waals surface area contributed by atoms with Gasteiger partial charge in [-0.25, -0.2) is 9.37 Å². The summed E-state index contributed by atoms with van der Waals surface area (Å²) in [6.45, 7) is 0. The lowest BCUT2D eigenvalue weighted by atomic mass is 10.1. The molecule has 1 N–H and O–H groups in total. The first kappa shape index (κ1) is 14.2. The van der Waals surface area contributed by atoms with E-state index < -0.39 is 11.9 Å². The van der Waals surface area contributed by atoms with E-state index in [1.165, 1.54) is 6.07 Å². The lowest BCUT2D eigenvalue weighted by molar-refractivity contribution is 0.170. The Bertz CT molecular complexity index is 800. The van der Waals surface area contributed by atoms with Crippen LogP contribution in [0, 0.1) is 5.82 Å². The van der Waals surface area contributed by atoms with E-state index in [-0.39, 0.29) is 12.0 Å². The first-order valence-corrected chi connectivity index (χ1v) is 7.39. The number of benzene rings is 2. The van der Waals surface area contributed by atoms with E-state index in [1.54, 1.807) is 12.1 Å². The van der Waals surface area contributed by atoms with Crippen LogP contribution in [0.15, 0.2) is 46.9 Å². The van der Waals surface area contributed by atoms with Gasteiger partial charge in [-0.3, -0.25) is 0 Å². The maximum atomic E-state index is 13.8. The van der Waals surface area contributed by atoms with Crippen LogP contribution in [-0.4, -0.2) is 14.7 Å². The van der Waals surface area contributed by atoms with Crippen molar-refractivity contribution in [2.45, 2.75) is 12.5 Å². The third-order valence-electron chi connectivity index (χ3n) is 3.57. The summed E-state index contributed by atoms with van der Waals surface area (Å²) in [5, 5.41) is 10.3. The van der Waals surface area contributed by atoms with Crippen molar-refractivity contribution in [3.8, 4) is 0 Å². The number of rotatable bonds is 3. The van der Waals surface area contributed by atoms with Gasteiger partial charge in [0.05, 0.1) is 17.1 Å². The molecule has 3 nitrogen and oxygen atoms in total. The van der Waals surface area contributed by atoms with Crippen molar-refractivity contribution in [2.24, 2.45) is 7.05 Å². The Balaban J connectivity index is 1.94. The highest BCUT2D eigenvalue weighted by molar-refractivity contribution is 9.10. The van der Waals surface area contributed by atoms with Gasteiger partial charge in [0.15, 0.2) is 0 Å². The van der Waals surface area contributed by atoms with Gasteiger partial charge < -0.3 is 9.67 Å². The number of aromatic nitrogens is 2. The standard InChI is InChI=1S/C16H14BrFN2O/c1-20-14-5-3-2-4-13(14)19-16(20)9-15(21)11-8-10(17)6-7-12(11)18/h2-8,15,21H,9H2,1H3. The molecule has 0 aliphatic carbocycles. The van der Waals surface area contributed by atoms with Gasteiger partial charge in [-0.05, 0) is 30.3 Å². The number of imidazole rings is 1. The highest BCUT2D eigenvalue weighted by Gasteiger charge is 2.17. The summed E-state index contributed by atoms with van der Waals surface area (Å²) in [7, 11) is 1.90. The minimum Gasteiger partial charge on any atom is -0.388 e. The first-order valence-electron chi connectivity index (χ1n) is 6.59. The monoisotopic (exact) mass is 348 g/mol. The maximum Gasteiger partial charge on any atom is 0.129 e. The van der Waals surface area contributed by atoms with Gasteiger partial charge in [0.1, 0.15) is 11.6 Å². The smallest absolute Gasteiger partial charge is 0.129 e. The second kappa shape index (κ2) is 5.58. The molecule has 1 aromatic heterocycles. The Labute approximate surface area is 130 Å². The van der Waals surface area contributed by atoms with Crippen molar-refractivity contribution >= 4 is 27.0 Å². The van der Waals surface area contributed by atoms with Gasteiger partial charge in [0.2, 0.25) is 0 Å². The fraction of sp³-hybridized carbons (Fsp3) is 0.188. The summed E-state index contributed by atoms with van der Waals surface area (Å²) < 4.78 is 16.5. The number of nitrogens with zero attached hydrogens (tertiary/aromatic N) is 2. The second-order valence-corrected chi connectivity index (χ2v) is 5.88. The number of aryl methyl sites for hydroxylation is 1. The summed E-state index contributed by atoms with van der Waals surface area (Å²) >= 11 is 3.29. The van der Waals surface area contributed by atoms with E-state index in [0.29, 0.717) is 0 Å². The third-order valence-corrected chi connectivity index (χ3v) is 4.07. The van der Waals surface area contributed by atoms with E-state index in [4.69, 9.17) is 0 Å². The van der Waals surface area contributed by atoms with Crippen LogP contribution in [0.4, 0.5) is 4.39 Å². The van der Waals surface area contributed by atoms with Crippen LogP contribution >= 0.6 is 15.9 Å². The van der Waals surface area contributed by atoms with Crippen LogP contribution in [0.2, 0.25) is 0 Å². The third kappa shape index (κ3) is 2.71. The topological polar surface area (TPSA) is 38.0 Å². The number of para-hydroxylation sites is 2. The Hall–Kier alpha value is -1.72. The zero-order chi connectivity index (χ0) is 15.0. The molecule has 0 spiro atoms. The quantitative estimate of drug-likeness (QED) is 0.782. The van der Waals surface area contributed by atoms with Crippen LogP contribution in [0.1, 0.15) is 17.5 Å². The zero-order valence-corrected chi connectivity index (χ0v) is 13.0. The molecule has 108 valence electrons. The molecule has 0 radical (unpaired) electrons. The lowest BCUT2D eigenvalue weighted by Crippen LogP contribution is -2.08. The molecule has 0 saturated carbocycles. The van der Waals surface area contributed by atoms with E-state index in [9.17, 15) is 9.50 Å². The molecule has 0 aliphatic heterocycles. The predicted molar refractivity (Wildman–Crippen MR) is 83.5 cm³/mol. The number of hydrogen-bond donors (Lipinski definition) is 1. The molecule has 2 aromatic carbocycles. The average molecular weight is 349 g/mol. The second-order valence-electron chi connectivity index (χ2n) is 4.96. The van der Waals surface area contributed by atoms with Crippen molar-refractivity contribution in [3.05, 3.63) is 64.1 Å². The number of halogens is 2. The fourth-order valence-corrected chi connectivity index (χ4v) is 2.81. The van der Waals surface area contributed by atoms with Crippen LogP contribution in [0.5, 0.6) is 0 Å². The maximum absolute atomic E-state index is 13.8. The van der Waals surface area contributed by atoms with E-state index in [2.05, 4.69) is 20.9 Å². The summed E-state index contributed by atoms with van der Waals surface area (Å²) in [5.74, 6) is 0.313. The largest absolute Gasteiger partial charge is 0.388 e. The molecule has 1 atom stereocenters. The molecule has 0 aliphatic rings. The molecule has 5 heteroatoms. The first-order chi connectivity index (χ1) is 10.1. The normalized spacial score (nSPS) is 12.8. The van der Waals surface area contributed by atoms with E-state index >= 15 is 0 Å². The molecular weight excluding hydrogens is 335 g/mol. The van der Waals surface area contributed by atoms with Crippen LogP contribution < -0.4 is 0 Å². The Kier molecular flexibility index (Phi) is 3.78. The van der Waals surface area contributed by atoms with Gasteiger partial charge in [-0.15, -0.1) is 0 Å². The van der Waals surface area contributed by atoms with Crippen LogP contribution in [0.3, 0.4) is 0 Å². The molecule has 3 aromatic rings. The van der Waals surface area contributed by atoms with Crippen LogP contribution in [0.25, 0.3) is 11.0 Å². The van der Waals surface area contributed by atoms with Crippen molar-refractivity contribution < 1.29 is 9.50 Å². The Morgan fingerprint density at radius 2 is 2.05 bits per heavy atom. The Morgan fingerprint density at radius 1 is 1.29 bits per heavy atom. The van der Waals surface area contributed by atoms with E-state index in [1.807, 2.05) is 35.9 Å².